The molecular formula is C21H15N7O2S. The van der Waals surface area contributed by atoms with Gasteiger partial charge in [0, 0.05) is 5.69 Å². The zero-order chi connectivity index (χ0) is 22.0. The summed E-state index contributed by atoms with van der Waals surface area (Å²) in [6, 6.07) is 18.6. The van der Waals surface area contributed by atoms with Crippen LogP contribution in [0, 0.1) is 17.9 Å². The number of nitrogen functional groups attached to an aromatic ring is 1. The van der Waals surface area contributed by atoms with Gasteiger partial charge in [-0.1, -0.05) is 36.4 Å². The Labute approximate surface area is 178 Å². The van der Waals surface area contributed by atoms with Crippen molar-refractivity contribution in [1.29, 1.82) is 5.26 Å². The van der Waals surface area contributed by atoms with E-state index in [1.165, 1.54) is 6.07 Å². The van der Waals surface area contributed by atoms with Gasteiger partial charge in [0.1, 0.15) is 0 Å². The molecule has 152 valence electrons. The second-order valence-electron chi connectivity index (χ2n) is 6.57. The molecule has 0 aliphatic rings. The molecule has 0 atom stereocenters. The fraction of sp³-hybridized carbons (Fsp3) is 0.0476. The van der Waals surface area contributed by atoms with Crippen molar-refractivity contribution in [2.45, 2.75) is 11.3 Å². The molecule has 0 saturated carbocycles. The lowest BCUT2D eigenvalue weighted by Crippen LogP contribution is -2.17. The highest BCUT2D eigenvalue weighted by Crippen LogP contribution is 2.29. The Hall–Kier alpha value is -4.41. The fourth-order valence-electron chi connectivity index (χ4n) is 3.10. The van der Waals surface area contributed by atoms with Gasteiger partial charge in [-0.2, -0.15) is 18.7 Å². The first kappa shape index (κ1) is 19.9. The molecule has 0 unspecified atom stereocenters. The standard InChI is InChI=1S/C21H15N7O2S/c1-24-17-9-10-18-15(13-17)3-2-4-19(18)31(29,30)28-20(23)26-21(27-28)25-16-7-5-14(6-8-16)11-12-22/h2-10,13H,11H2,(H3,23,25,26,27). The lowest BCUT2D eigenvalue weighted by molar-refractivity contribution is 0.582. The van der Waals surface area contributed by atoms with E-state index >= 15 is 0 Å². The summed E-state index contributed by atoms with van der Waals surface area (Å²) in [4.78, 5) is 7.39. The molecule has 0 radical (unpaired) electrons. The SMILES string of the molecule is [C-]#[N+]c1ccc2c(S(=O)(=O)n3nc(Nc4ccc(CC#N)cc4)nc3N)cccc2c1. The molecule has 0 amide bonds. The van der Waals surface area contributed by atoms with Crippen LogP contribution in [-0.4, -0.2) is 22.6 Å². The number of nitrogens with one attached hydrogen (secondary N) is 1. The van der Waals surface area contributed by atoms with Crippen LogP contribution >= 0.6 is 0 Å². The number of nitrogens with zero attached hydrogens (tertiary/aromatic N) is 5. The number of aromatic nitrogens is 3. The minimum atomic E-state index is -4.14. The van der Waals surface area contributed by atoms with E-state index in [1.807, 2.05) is 0 Å². The maximum Gasteiger partial charge on any atom is 0.286 e. The van der Waals surface area contributed by atoms with Crippen LogP contribution in [-0.2, 0) is 16.4 Å². The molecule has 0 aliphatic carbocycles. The van der Waals surface area contributed by atoms with E-state index in [1.54, 1.807) is 54.6 Å². The third kappa shape index (κ3) is 3.75. The number of nitrogens with two attached hydrogens (primary N) is 1. The fourth-order valence-corrected chi connectivity index (χ4v) is 4.47. The highest BCUT2D eigenvalue weighted by Gasteiger charge is 2.25. The van der Waals surface area contributed by atoms with Crippen LogP contribution in [0.2, 0.25) is 0 Å². The van der Waals surface area contributed by atoms with Crippen LogP contribution in [0.4, 0.5) is 23.3 Å². The van der Waals surface area contributed by atoms with Crippen LogP contribution in [0.1, 0.15) is 5.56 Å². The summed E-state index contributed by atoms with van der Waals surface area (Å²) in [5.41, 5.74) is 7.75. The number of benzene rings is 3. The summed E-state index contributed by atoms with van der Waals surface area (Å²) in [6.07, 6.45) is 0.292. The van der Waals surface area contributed by atoms with Crippen molar-refractivity contribution >= 4 is 44.1 Å². The van der Waals surface area contributed by atoms with Crippen LogP contribution in [0.5, 0.6) is 0 Å². The molecule has 0 saturated heterocycles. The molecule has 0 fully saturated rings. The van der Waals surface area contributed by atoms with E-state index in [9.17, 15) is 8.42 Å². The second-order valence-corrected chi connectivity index (χ2v) is 8.31. The first-order valence-corrected chi connectivity index (χ1v) is 10.5. The van der Waals surface area contributed by atoms with Gasteiger partial charge in [0.05, 0.1) is 24.0 Å². The van der Waals surface area contributed by atoms with Gasteiger partial charge in [0.25, 0.3) is 10.0 Å². The lowest BCUT2D eigenvalue weighted by Gasteiger charge is -2.09. The van der Waals surface area contributed by atoms with Gasteiger partial charge in [0.15, 0.2) is 5.69 Å². The number of nitriles is 1. The minimum absolute atomic E-state index is 0.00513. The summed E-state index contributed by atoms with van der Waals surface area (Å²) < 4.78 is 27.2. The summed E-state index contributed by atoms with van der Waals surface area (Å²) in [6.45, 7) is 7.13. The van der Waals surface area contributed by atoms with Crippen LogP contribution in [0.25, 0.3) is 15.6 Å². The summed E-state index contributed by atoms with van der Waals surface area (Å²) >= 11 is 0. The quantitative estimate of drug-likeness (QED) is 0.463. The van der Waals surface area contributed by atoms with Crippen molar-refractivity contribution in [2.24, 2.45) is 0 Å². The average molecular weight is 429 g/mol. The number of rotatable bonds is 5. The monoisotopic (exact) mass is 429 g/mol. The molecule has 1 aromatic heterocycles. The second kappa shape index (κ2) is 7.78. The molecule has 0 bridgehead atoms. The maximum atomic E-state index is 13.3. The van der Waals surface area contributed by atoms with Crippen molar-refractivity contribution in [1.82, 2.24) is 14.2 Å². The van der Waals surface area contributed by atoms with Gasteiger partial charge in [-0.15, -0.1) is 9.19 Å². The Bertz CT molecular complexity index is 1480. The Kier molecular flexibility index (Phi) is 4.99. The van der Waals surface area contributed by atoms with E-state index in [2.05, 4.69) is 26.3 Å². The molecule has 4 aromatic rings. The van der Waals surface area contributed by atoms with Crippen molar-refractivity contribution in [3.63, 3.8) is 0 Å². The largest absolute Gasteiger partial charge is 0.367 e. The van der Waals surface area contributed by atoms with Gasteiger partial charge >= 0.3 is 0 Å². The molecule has 9 nitrogen and oxygen atoms in total. The predicted molar refractivity (Wildman–Crippen MR) is 116 cm³/mol. The summed E-state index contributed by atoms with van der Waals surface area (Å²) in [7, 11) is -4.14. The third-order valence-electron chi connectivity index (χ3n) is 4.55. The maximum absolute atomic E-state index is 13.3. The summed E-state index contributed by atoms with van der Waals surface area (Å²) in [5.74, 6) is -0.275. The van der Waals surface area contributed by atoms with E-state index in [0.29, 0.717) is 32.7 Å². The Morgan fingerprint density at radius 1 is 1.16 bits per heavy atom. The predicted octanol–water partition coefficient (Wildman–Crippen LogP) is 3.61. The van der Waals surface area contributed by atoms with Crippen LogP contribution < -0.4 is 11.1 Å². The first-order chi connectivity index (χ1) is 14.9. The normalized spacial score (nSPS) is 11.0. The molecule has 10 heteroatoms. The van der Waals surface area contributed by atoms with Gasteiger partial charge < -0.3 is 11.1 Å². The lowest BCUT2D eigenvalue weighted by atomic mass is 10.1. The Morgan fingerprint density at radius 3 is 2.65 bits per heavy atom. The molecule has 31 heavy (non-hydrogen) atoms. The van der Waals surface area contributed by atoms with Crippen molar-refractivity contribution in [2.75, 3.05) is 11.1 Å². The first-order valence-electron chi connectivity index (χ1n) is 9.03. The zero-order valence-electron chi connectivity index (χ0n) is 16.0. The minimum Gasteiger partial charge on any atom is -0.367 e. The number of anilines is 3. The van der Waals surface area contributed by atoms with Gasteiger partial charge in [-0.3, -0.25) is 0 Å². The molecule has 0 spiro atoms. The molecule has 3 aromatic carbocycles. The molecular weight excluding hydrogens is 414 g/mol. The van der Waals surface area contributed by atoms with Crippen molar-refractivity contribution < 1.29 is 8.42 Å². The van der Waals surface area contributed by atoms with Gasteiger partial charge in [-0.05, 0) is 40.6 Å². The van der Waals surface area contributed by atoms with E-state index in [0.717, 1.165) is 5.56 Å². The molecule has 4 rings (SSSR count). The highest BCUT2D eigenvalue weighted by molar-refractivity contribution is 7.90. The Balaban J connectivity index is 1.70. The van der Waals surface area contributed by atoms with E-state index in [-0.39, 0.29) is 16.8 Å². The molecule has 1 heterocycles. The average Bonchev–Trinajstić information content (AvgIpc) is 3.15. The highest BCUT2D eigenvalue weighted by atomic mass is 32.2. The number of hydrogen-bond donors (Lipinski definition) is 2. The topological polar surface area (TPSA) is 131 Å². The van der Waals surface area contributed by atoms with Crippen molar-refractivity contribution in [3.8, 4) is 6.07 Å². The van der Waals surface area contributed by atoms with E-state index in [4.69, 9.17) is 17.6 Å². The number of hydrogen-bond acceptors (Lipinski definition) is 7. The number of fused-ring (bicyclic) bond motifs is 1. The van der Waals surface area contributed by atoms with E-state index < -0.39 is 10.0 Å². The Morgan fingerprint density at radius 2 is 1.94 bits per heavy atom. The molecule has 3 N–H and O–H groups in total. The molecule has 0 aliphatic heterocycles. The third-order valence-corrected chi connectivity index (χ3v) is 6.19. The van der Waals surface area contributed by atoms with Gasteiger partial charge in [0.2, 0.25) is 11.9 Å². The zero-order valence-corrected chi connectivity index (χ0v) is 16.8. The van der Waals surface area contributed by atoms with Crippen LogP contribution in [0.15, 0.2) is 65.6 Å². The summed E-state index contributed by atoms with van der Waals surface area (Å²) in [5, 5.41) is 16.8. The van der Waals surface area contributed by atoms with Gasteiger partial charge in [-0.25, -0.2) is 4.85 Å². The van der Waals surface area contributed by atoms with Crippen molar-refractivity contribution in [3.05, 3.63) is 77.6 Å². The smallest absolute Gasteiger partial charge is 0.286 e. The van der Waals surface area contributed by atoms with Crippen LogP contribution in [0.3, 0.4) is 0 Å².